The summed E-state index contributed by atoms with van der Waals surface area (Å²) in [5.74, 6) is 0.503. The fourth-order valence-corrected chi connectivity index (χ4v) is 2.61. The highest BCUT2D eigenvalue weighted by Crippen LogP contribution is 2.32. The molecule has 7 heteroatoms. The Hall–Kier alpha value is -0.690. The lowest BCUT2D eigenvalue weighted by Gasteiger charge is -2.21. The van der Waals surface area contributed by atoms with Gasteiger partial charge in [-0.25, -0.2) is 18.4 Å². The molecule has 5 nitrogen and oxygen atoms in total. The van der Waals surface area contributed by atoms with Crippen molar-refractivity contribution in [1.29, 1.82) is 0 Å². The number of aromatic nitrogens is 2. The minimum absolute atomic E-state index is 0.239. The van der Waals surface area contributed by atoms with Gasteiger partial charge in [-0.1, -0.05) is 20.8 Å². The second-order valence-corrected chi connectivity index (χ2v) is 8.51. The average Bonchev–Trinajstić information content (AvgIpc) is 2.17. The second kappa shape index (κ2) is 4.77. The molecule has 0 aromatic carbocycles. The van der Waals surface area contributed by atoms with Gasteiger partial charge < -0.3 is 5.73 Å². The number of anilines is 1. The average molecular weight is 336 g/mol. The van der Waals surface area contributed by atoms with E-state index in [1.807, 2.05) is 20.8 Å². The van der Waals surface area contributed by atoms with Crippen LogP contribution < -0.4 is 5.73 Å². The number of rotatable bonds is 2. The summed E-state index contributed by atoms with van der Waals surface area (Å²) in [4.78, 5) is 8.41. The zero-order chi connectivity index (χ0) is 14.3. The Bertz CT molecular complexity index is 564. The molecule has 0 fully saturated rings. The molecule has 0 radical (unpaired) electrons. The molecule has 0 amide bonds. The summed E-state index contributed by atoms with van der Waals surface area (Å²) in [5.41, 5.74) is 6.27. The molecule has 2 N–H and O–H groups in total. The third kappa shape index (κ3) is 3.20. The summed E-state index contributed by atoms with van der Waals surface area (Å²) in [6, 6.07) is 0. The Balaban J connectivity index is 3.48. The molecule has 0 saturated carbocycles. The van der Waals surface area contributed by atoms with Crippen LogP contribution in [-0.2, 0) is 15.3 Å². The molecule has 0 aliphatic heterocycles. The van der Waals surface area contributed by atoms with Crippen molar-refractivity contribution in [3.05, 3.63) is 16.0 Å². The lowest BCUT2D eigenvalue weighted by atomic mass is 9.92. The van der Waals surface area contributed by atoms with Gasteiger partial charge in [0.1, 0.15) is 16.9 Å². The minimum atomic E-state index is -3.24. The molecule has 1 aromatic heterocycles. The van der Waals surface area contributed by atoms with Crippen LogP contribution in [-0.4, -0.2) is 24.6 Å². The van der Waals surface area contributed by atoms with E-state index in [1.54, 1.807) is 6.92 Å². The van der Waals surface area contributed by atoms with Gasteiger partial charge >= 0.3 is 0 Å². The highest BCUT2D eigenvalue weighted by molar-refractivity contribution is 9.10. The van der Waals surface area contributed by atoms with E-state index in [9.17, 15) is 8.42 Å². The predicted molar refractivity (Wildman–Crippen MR) is 76.1 cm³/mol. The van der Waals surface area contributed by atoms with Gasteiger partial charge in [0.25, 0.3) is 0 Å². The molecular formula is C11H18BrN3O2S. The van der Waals surface area contributed by atoms with E-state index in [4.69, 9.17) is 5.73 Å². The molecule has 102 valence electrons. The third-order valence-electron chi connectivity index (χ3n) is 2.61. The summed E-state index contributed by atoms with van der Waals surface area (Å²) in [7, 11) is -3.24. The normalized spacial score (nSPS) is 14.6. The van der Waals surface area contributed by atoms with Crippen molar-refractivity contribution >= 4 is 31.6 Å². The zero-order valence-electron chi connectivity index (χ0n) is 11.2. The minimum Gasteiger partial charge on any atom is -0.383 e. The molecule has 0 saturated heterocycles. The van der Waals surface area contributed by atoms with E-state index < -0.39 is 15.1 Å². The first-order valence-corrected chi connectivity index (χ1v) is 8.21. The topological polar surface area (TPSA) is 85.9 Å². The summed E-state index contributed by atoms with van der Waals surface area (Å²) >= 11 is 3.35. The van der Waals surface area contributed by atoms with Crippen LogP contribution in [0.25, 0.3) is 0 Å². The number of halogens is 1. The van der Waals surface area contributed by atoms with Crippen LogP contribution >= 0.6 is 15.9 Å². The molecule has 0 bridgehead atoms. The Kier molecular flexibility index (Phi) is 4.07. The Morgan fingerprint density at radius 1 is 1.28 bits per heavy atom. The van der Waals surface area contributed by atoms with Crippen molar-refractivity contribution in [2.45, 2.75) is 38.4 Å². The molecule has 1 aromatic rings. The smallest absolute Gasteiger partial charge is 0.157 e. The van der Waals surface area contributed by atoms with Crippen LogP contribution in [0.2, 0.25) is 0 Å². The summed E-state index contributed by atoms with van der Waals surface area (Å²) in [6.45, 7) is 7.50. The molecule has 0 aliphatic rings. The standard InChI is InChI=1S/C11H18BrN3O2S/c1-6(18(5,16)17)10-14-8(11(2,3)4)7(12)9(13)15-10/h6H,1-5H3,(H2,13,14,15). The number of hydrogen-bond acceptors (Lipinski definition) is 5. The van der Waals surface area contributed by atoms with E-state index in [2.05, 4.69) is 25.9 Å². The van der Waals surface area contributed by atoms with Gasteiger partial charge in [0.2, 0.25) is 0 Å². The maximum absolute atomic E-state index is 11.6. The Morgan fingerprint density at radius 3 is 2.17 bits per heavy atom. The number of nitrogens with zero attached hydrogens (tertiary/aromatic N) is 2. The van der Waals surface area contributed by atoms with Crippen molar-refractivity contribution in [2.75, 3.05) is 12.0 Å². The van der Waals surface area contributed by atoms with Gasteiger partial charge in [0, 0.05) is 11.7 Å². The maximum atomic E-state index is 11.6. The first kappa shape index (κ1) is 15.4. The van der Waals surface area contributed by atoms with Gasteiger partial charge in [0.15, 0.2) is 9.84 Å². The summed E-state index contributed by atoms with van der Waals surface area (Å²) in [6.07, 6.45) is 1.16. The highest BCUT2D eigenvalue weighted by Gasteiger charge is 2.27. The van der Waals surface area contributed by atoms with E-state index in [1.165, 1.54) is 0 Å². The highest BCUT2D eigenvalue weighted by atomic mass is 79.9. The first-order valence-electron chi connectivity index (χ1n) is 5.47. The number of nitrogens with two attached hydrogens (primary N) is 1. The molecular weight excluding hydrogens is 318 g/mol. The largest absolute Gasteiger partial charge is 0.383 e. The zero-order valence-corrected chi connectivity index (χ0v) is 13.6. The Morgan fingerprint density at radius 2 is 1.78 bits per heavy atom. The van der Waals surface area contributed by atoms with Crippen LogP contribution in [0.15, 0.2) is 4.47 Å². The van der Waals surface area contributed by atoms with Crippen LogP contribution in [0, 0.1) is 0 Å². The van der Waals surface area contributed by atoms with Gasteiger partial charge in [-0.3, -0.25) is 0 Å². The number of hydrogen-bond donors (Lipinski definition) is 1. The van der Waals surface area contributed by atoms with Gasteiger partial charge in [0.05, 0.1) is 10.2 Å². The molecule has 1 unspecified atom stereocenters. The number of sulfone groups is 1. The van der Waals surface area contributed by atoms with Crippen molar-refractivity contribution in [3.63, 3.8) is 0 Å². The van der Waals surface area contributed by atoms with Crippen LogP contribution in [0.5, 0.6) is 0 Å². The van der Waals surface area contributed by atoms with Crippen LogP contribution in [0.1, 0.15) is 44.5 Å². The van der Waals surface area contributed by atoms with Crippen LogP contribution in [0.3, 0.4) is 0 Å². The second-order valence-electron chi connectivity index (χ2n) is 5.35. The molecule has 18 heavy (non-hydrogen) atoms. The maximum Gasteiger partial charge on any atom is 0.157 e. The molecule has 0 aliphatic carbocycles. The van der Waals surface area contributed by atoms with Crippen molar-refractivity contribution in [3.8, 4) is 0 Å². The van der Waals surface area contributed by atoms with E-state index in [-0.39, 0.29) is 17.1 Å². The van der Waals surface area contributed by atoms with Crippen LogP contribution in [0.4, 0.5) is 5.82 Å². The van der Waals surface area contributed by atoms with Crippen molar-refractivity contribution in [1.82, 2.24) is 9.97 Å². The summed E-state index contributed by atoms with van der Waals surface area (Å²) in [5, 5.41) is -0.769. The van der Waals surface area contributed by atoms with Crippen molar-refractivity contribution in [2.24, 2.45) is 0 Å². The van der Waals surface area contributed by atoms with Gasteiger partial charge in [-0.05, 0) is 22.9 Å². The Labute approximate surface area is 116 Å². The lowest BCUT2D eigenvalue weighted by Crippen LogP contribution is -2.20. The molecule has 1 rings (SSSR count). The van der Waals surface area contributed by atoms with E-state index >= 15 is 0 Å². The monoisotopic (exact) mass is 335 g/mol. The third-order valence-corrected chi connectivity index (χ3v) is 4.89. The van der Waals surface area contributed by atoms with E-state index in [0.29, 0.717) is 10.2 Å². The van der Waals surface area contributed by atoms with Gasteiger partial charge in [-0.15, -0.1) is 0 Å². The van der Waals surface area contributed by atoms with E-state index in [0.717, 1.165) is 6.26 Å². The summed E-state index contributed by atoms with van der Waals surface area (Å²) < 4.78 is 23.7. The van der Waals surface area contributed by atoms with Gasteiger partial charge in [-0.2, -0.15) is 0 Å². The van der Waals surface area contributed by atoms with Crippen molar-refractivity contribution < 1.29 is 8.42 Å². The molecule has 0 spiro atoms. The fraction of sp³-hybridized carbons (Fsp3) is 0.636. The lowest BCUT2D eigenvalue weighted by molar-refractivity contribution is 0.554. The predicted octanol–water partition coefficient (Wildman–Crippen LogP) is 2.22. The molecule has 1 atom stereocenters. The first-order chi connectivity index (χ1) is 7.94. The molecule has 1 heterocycles. The fourth-order valence-electron chi connectivity index (χ4n) is 1.35. The SMILES string of the molecule is CC(c1nc(N)c(Br)c(C(C)(C)C)n1)S(C)(=O)=O. The number of nitrogen functional groups attached to an aromatic ring is 1. The quantitative estimate of drug-likeness (QED) is 0.895.